The van der Waals surface area contributed by atoms with Crippen LogP contribution in [0.1, 0.15) is 41.6 Å². The lowest BCUT2D eigenvalue weighted by atomic mass is 10.2. The van der Waals surface area contributed by atoms with E-state index < -0.39 is 0 Å². The molecule has 1 aliphatic heterocycles. The Hall–Kier alpha value is -4.01. The van der Waals surface area contributed by atoms with Crippen LogP contribution in [0.4, 0.5) is 10.2 Å². The summed E-state index contributed by atoms with van der Waals surface area (Å²) in [4.78, 5) is 27.0. The van der Waals surface area contributed by atoms with Crippen molar-refractivity contribution < 1.29 is 9.18 Å². The van der Waals surface area contributed by atoms with Crippen molar-refractivity contribution in [3.63, 3.8) is 0 Å². The first-order chi connectivity index (χ1) is 16.9. The van der Waals surface area contributed by atoms with Crippen molar-refractivity contribution >= 4 is 11.7 Å². The van der Waals surface area contributed by atoms with Gasteiger partial charge in [0, 0.05) is 56.3 Å². The number of hydrogen-bond acceptors (Lipinski definition) is 5. The molecule has 1 aromatic carbocycles. The van der Waals surface area contributed by atoms with Gasteiger partial charge in [0.15, 0.2) is 5.82 Å². The number of amides is 1. The molecule has 1 amide bonds. The largest absolute Gasteiger partial charge is 0.353 e. The third-order valence-electron chi connectivity index (χ3n) is 6.16. The van der Waals surface area contributed by atoms with Gasteiger partial charge >= 0.3 is 0 Å². The zero-order chi connectivity index (χ0) is 24.5. The second kappa shape index (κ2) is 9.32. The Kier molecular flexibility index (Phi) is 6.07. The molecular weight excluding hydrogens is 445 g/mol. The highest BCUT2D eigenvalue weighted by Gasteiger charge is 2.28. The first kappa shape index (κ1) is 22.8. The van der Waals surface area contributed by atoms with E-state index in [1.165, 1.54) is 12.1 Å². The zero-order valence-corrected chi connectivity index (χ0v) is 20.1. The maximum absolute atomic E-state index is 13.6. The lowest BCUT2D eigenvalue weighted by Crippen LogP contribution is -2.49. The molecule has 4 aromatic rings. The van der Waals surface area contributed by atoms with Gasteiger partial charge in [-0.25, -0.2) is 19.0 Å². The predicted octanol–water partition coefficient (Wildman–Crippen LogP) is 3.99. The SMILES string of the molecule is Cc1cc(N2CCN(C(=O)c3cnn(-c4ccc(F)cc4)c3-n3cccc3)CC2)nc(C(C)C)n1. The maximum atomic E-state index is 13.6. The smallest absolute Gasteiger partial charge is 0.259 e. The summed E-state index contributed by atoms with van der Waals surface area (Å²) in [6.45, 7) is 8.68. The van der Waals surface area contributed by atoms with Crippen LogP contribution in [0.5, 0.6) is 0 Å². The minimum Gasteiger partial charge on any atom is -0.353 e. The molecule has 8 nitrogen and oxygen atoms in total. The number of aryl methyl sites for hydroxylation is 1. The van der Waals surface area contributed by atoms with Crippen LogP contribution in [0.2, 0.25) is 0 Å². The van der Waals surface area contributed by atoms with Gasteiger partial charge in [-0.3, -0.25) is 4.79 Å². The zero-order valence-electron chi connectivity index (χ0n) is 20.1. The van der Waals surface area contributed by atoms with Gasteiger partial charge in [-0.15, -0.1) is 0 Å². The highest BCUT2D eigenvalue weighted by Crippen LogP contribution is 2.23. The Balaban J connectivity index is 1.39. The normalized spacial score (nSPS) is 14.1. The Labute approximate surface area is 203 Å². The Morgan fingerprint density at radius 2 is 1.69 bits per heavy atom. The van der Waals surface area contributed by atoms with Gasteiger partial charge in [-0.05, 0) is 43.3 Å². The summed E-state index contributed by atoms with van der Waals surface area (Å²) >= 11 is 0. The van der Waals surface area contributed by atoms with Crippen LogP contribution in [0.15, 0.2) is 61.1 Å². The molecule has 1 aliphatic rings. The fraction of sp³-hybridized carbons (Fsp3) is 0.308. The van der Waals surface area contributed by atoms with Crippen LogP contribution in [0.25, 0.3) is 11.5 Å². The topological polar surface area (TPSA) is 72.1 Å². The van der Waals surface area contributed by atoms with E-state index in [1.54, 1.807) is 23.0 Å². The quantitative estimate of drug-likeness (QED) is 0.438. The molecule has 0 radical (unpaired) electrons. The lowest BCUT2D eigenvalue weighted by Gasteiger charge is -2.35. The number of aromatic nitrogens is 5. The van der Waals surface area contributed by atoms with Crippen LogP contribution in [0, 0.1) is 12.7 Å². The number of carbonyl (C=O) groups is 1. The molecule has 0 N–H and O–H groups in total. The van der Waals surface area contributed by atoms with Crippen molar-refractivity contribution in [2.75, 3.05) is 31.1 Å². The molecule has 35 heavy (non-hydrogen) atoms. The summed E-state index contributed by atoms with van der Waals surface area (Å²) < 4.78 is 17.0. The summed E-state index contributed by atoms with van der Waals surface area (Å²) in [6.07, 6.45) is 5.33. The molecule has 0 bridgehead atoms. The predicted molar refractivity (Wildman–Crippen MR) is 132 cm³/mol. The molecule has 1 saturated heterocycles. The van der Waals surface area contributed by atoms with E-state index in [1.807, 2.05) is 47.0 Å². The third-order valence-corrected chi connectivity index (χ3v) is 6.16. The number of rotatable bonds is 5. The van der Waals surface area contributed by atoms with Crippen LogP contribution in [-0.4, -0.2) is 61.3 Å². The standard InChI is InChI=1S/C26H28FN7O/c1-18(2)24-29-19(3)16-23(30-24)31-12-14-33(15-13-31)26(35)22-17-28-34(21-8-6-20(27)7-9-21)25(22)32-10-4-5-11-32/h4-11,16-18H,12-15H2,1-3H3. The van der Waals surface area contributed by atoms with E-state index in [9.17, 15) is 9.18 Å². The Bertz CT molecular complexity index is 1320. The van der Waals surface area contributed by atoms with E-state index in [4.69, 9.17) is 4.98 Å². The molecule has 0 unspecified atom stereocenters. The van der Waals surface area contributed by atoms with E-state index in [2.05, 4.69) is 28.8 Å². The Morgan fingerprint density at radius 3 is 2.34 bits per heavy atom. The minimum absolute atomic E-state index is 0.0801. The first-order valence-corrected chi connectivity index (χ1v) is 11.8. The number of hydrogen-bond donors (Lipinski definition) is 0. The van der Waals surface area contributed by atoms with Gasteiger partial charge in [0.1, 0.15) is 23.0 Å². The molecule has 0 spiro atoms. The van der Waals surface area contributed by atoms with E-state index in [-0.39, 0.29) is 17.6 Å². The molecule has 5 rings (SSSR count). The number of anilines is 1. The van der Waals surface area contributed by atoms with Gasteiger partial charge in [0.05, 0.1) is 11.9 Å². The van der Waals surface area contributed by atoms with E-state index >= 15 is 0 Å². The van der Waals surface area contributed by atoms with Gasteiger partial charge in [0.2, 0.25) is 0 Å². The maximum Gasteiger partial charge on any atom is 0.259 e. The summed E-state index contributed by atoms with van der Waals surface area (Å²) in [7, 11) is 0. The number of piperazine rings is 1. The second-order valence-electron chi connectivity index (χ2n) is 9.02. The van der Waals surface area contributed by atoms with Crippen molar-refractivity contribution in [1.29, 1.82) is 0 Å². The lowest BCUT2D eigenvalue weighted by molar-refractivity contribution is 0.0746. The van der Waals surface area contributed by atoms with E-state index in [0.717, 1.165) is 17.3 Å². The molecule has 9 heteroatoms. The number of halogens is 1. The van der Waals surface area contributed by atoms with Crippen LogP contribution in [-0.2, 0) is 0 Å². The summed E-state index contributed by atoms with van der Waals surface area (Å²) in [6, 6.07) is 11.9. The van der Waals surface area contributed by atoms with Crippen molar-refractivity contribution in [2.45, 2.75) is 26.7 Å². The van der Waals surface area contributed by atoms with Gasteiger partial charge in [-0.1, -0.05) is 13.8 Å². The highest BCUT2D eigenvalue weighted by molar-refractivity contribution is 5.97. The monoisotopic (exact) mass is 473 g/mol. The van der Waals surface area contributed by atoms with Crippen LogP contribution in [0.3, 0.4) is 0 Å². The summed E-state index contributed by atoms with van der Waals surface area (Å²) in [5, 5.41) is 4.48. The van der Waals surface area contributed by atoms with Crippen LogP contribution >= 0.6 is 0 Å². The average molecular weight is 474 g/mol. The first-order valence-electron chi connectivity index (χ1n) is 11.8. The number of carbonyl (C=O) groups excluding carboxylic acids is 1. The molecule has 0 saturated carbocycles. The molecule has 0 aliphatic carbocycles. The number of benzene rings is 1. The van der Waals surface area contributed by atoms with Crippen molar-refractivity contribution in [1.82, 2.24) is 29.2 Å². The van der Waals surface area contributed by atoms with Gasteiger partial charge in [-0.2, -0.15) is 5.10 Å². The fourth-order valence-corrected chi connectivity index (χ4v) is 4.29. The average Bonchev–Trinajstić information content (AvgIpc) is 3.54. The summed E-state index contributed by atoms with van der Waals surface area (Å²) in [5.74, 6) is 2.22. The van der Waals surface area contributed by atoms with E-state index in [0.29, 0.717) is 43.2 Å². The summed E-state index contributed by atoms with van der Waals surface area (Å²) in [5.41, 5.74) is 2.12. The third kappa shape index (κ3) is 4.53. The molecule has 1 fully saturated rings. The highest BCUT2D eigenvalue weighted by atomic mass is 19.1. The molecule has 4 heterocycles. The molecule has 3 aromatic heterocycles. The number of nitrogens with zero attached hydrogens (tertiary/aromatic N) is 7. The molecule has 0 atom stereocenters. The van der Waals surface area contributed by atoms with Crippen molar-refractivity contribution in [2.24, 2.45) is 0 Å². The molecule has 180 valence electrons. The minimum atomic E-state index is -0.322. The van der Waals surface area contributed by atoms with Gasteiger partial charge < -0.3 is 14.4 Å². The van der Waals surface area contributed by atoms with Crippen LogP contribution < -0.4 is 4.90 Å². The fourth-order valence-electron chi connectivity index (χ4n) is 4.29. The Morgan fingerprint density at radius 1 is 1.00 bits per heavy atom. The van der Waals surface area contributed by atoms with Crippen molar-refractivity contribution in [3.05, 3.63) is 84.0 Å². The van der Waals surface area contributed by atoms with Crippen molar-refractivity contribution in [3.8, 4) is 11.5 Å². The molecular formula is C26H28FN7O. The second-order valence-corrected chi connectivity index (χ2v) is 9.02. The van der Waals surface area contributed by atoms with Gasteiger partial charge in [0.25, 0.3) is 5.91 Å².